The molecule has 0 saturated heterocycles. The highest BCUT2D eigenvalue weighted by atomic mass is 16.6. The van der Waals surface area contributed by atoms with Gasteiger partial charge in [-0.2, -0.15) is 0 Å². The SMILES string of the molecule is Cc1cc(Nc2ncnc3ccn(CCOCCO)c23)ccc1Oc1ccc(C(=O)OC(C)(C)C)cc1. The van der Waals surface area contributed by atoms with Crippen LogP contribution in [0.15, 0.2) is 61.1 Å². The lowest BCUT2D eigenvalue weighted by Gasteiger charge is -2.19. The molecule has 2 heterocycles. The zero-order valence-corrected chi connectivity index (χ0v) is 21.5. The summed E-state index contributed by atoms with van der Waals surface area (Å²) in [6.45, 7) is 8.88. The molecule has 0 aliphatic carbocycles. The number of carbonyl (C=O) groups excluding carboxylic acids is 1. The van der Waals surface area contributed by atoms with Crippen LogP contribution in [0, 0.1) is 6.92 Å². The second kappa shape index (κ2) is 11.4. The number of nitrogens with one attached hydrogen (secondary N) is 1. The Labute approximate surface area is 216 Å². The van der Waals surface area contributed by atoms with Gasteiger partial charge in [0.25, 0.3) is 0 Å². The molecule has 4 rings (SSSR count). The summed E-state index contributed by atoms with van der Waals surface area (Å²) >= 11 is 0. The van der Waals surface area contributed by atoms with E-state index in [-0.39, 0.29) is 12.6 Å². The van der Waals surface area contributed by atoms with E-state index in [1.165, 1.54) is 6.33 Å². The average molecular weight is 505 g/mol. The predicted octanol–water partition coefficient (Wildman–Crippen LogP) is 5.24. The minimum Gasteiger partial charge on any atom is -0.457 e. The van der Waals surface area contributed by atoms with Crippen molar-refractivity contribution >= 4 is 28.5 Å². The van der Waals surface area contributed by atoms with Gasteiger partial charge in [-0.1, -0.05) is 0 Å². The Bertz CT molecular complexity index is 1360. The van der Waals surface area contributed by atoms with E-state index in [1.807, 2.05) is 62.7 Å². The maximum absolute atomic E-state index is 12.2. The quantitative estimate of drug-likeness (QED) is 0.223. The lowest BCUT2D eigenvalue weighted by molar-refractivity contribution is 0.00695. The lowest BCUT2D eigenvalue weighted by atomic mass is 10.1. The van der Waals surface area contributed by atoms with Crippen molar-refractivity contribution in [2.45, 2.75) is 39.8 Å². The number of rotatable bonds is 10. The van der Waals surface area contributed by atoms with Gasteiger partial charge < -0.3 is 29.2 Å². The Balaban J connectivity index is 1.45. The van der Waals surface area contributed by atoms with E-state index in [1.54, 1.807) is 24.3 Å². The van der Waals surface area contributed by atoms with Crippen LogP contribution in [-0.2, 0) is 16.0 Å². The van der Waals surface area contributed by atoms with Crippen LogP contribution in [0.25, 0.3) is 11.0 Å². The van der Waals surface area contributed by atoms with E-state index in [4.69, 9.17) is 19.3 Å². The first-order chi connectivity index (χ1) is 17.7. The molecule has 4 aromatic rings. The molecular formula is C28H32N4O5. The smallest absolute Gasteiger partial charge is 0.338 e. The molecule has 0 spiro atoms. The summed E-state index contributed by atoms with van der Waals surface area (Å²) < 4.78 is 18.9. The Morgan fingerprint density at radius 1 is 1.05 bits per heavy atom. The average Bonchev–Trinajstić information content (AvgIpc) is 3.27. The number of hydrogen-bond acceptors (Lipinski definition) is 8. The third-order valence-corrected chi connectivity index (χ3v) is 5.42. The second-order valence-corrected chi connectivity index (χ2v) is 9.53. The standard InChI is InChI=1S/C28H32N4O5/c1-19-17-21(31-26-25-23(29-18-30-26)11-12-32(25)13-15-35-16-14-33)7-10-24(19)36-22-8-5-20(6-9-22)27(34)37-28(2,3)4/h5-12,17-18,33H,13-16H2,1-4H3,(H,29,30,31). The van der Waals surface area contributed by atoms with E-state index in [0.717, 1.165) is 22.3 Å². The van der Waals surface area contributed by atoms with Crippen molar-refractivity contribution in [1.82, 2.24) is 14.5 Å². The molecule has 9 heteroatoms. The number of ether oxygens (including phenoxy) is 3. The zero-order chi connectivity index (χ0) is 26.4. The summed E-state index contributed by atoms with van der Waals surface area (Å²) in [5.74, 6) is 1.64. The van der Waals surface area contributed by atoms with Crippen LogP contribution in [-0.4, -0.2) is 51.0 Å². The summed E-state index contributed by atoms with van der Waals surface area (Å²) in [4.78, 5) is 21.1. The van der Waals surface area contributed by atoms with Gasteiger partial charge in [0.15, 0.2) is 5.82 Å². The molecule has 0 bridgehead atoms. The van der Waals surface area contributed by atoms with Crippen LogP contribution in [0.2, 0.25) is 0 Å². The van der Waals surface area contributed by atoms with E-state index in [0.29, 0.717) is 42.6 Å². The number of esters is 1. The Kier molecular flexibility index (Phi) is 8.05. The molecule has 2 aromatic carbocycles. The summed E-state index contributed by atoms with van der Waals surface area (Å²) in [5, 5.41) is 12.3. The number of anilines is 2. The van der Waals surface area contributed by atoms with Crippen molar-refractivity contribution in [2.24, 2.45) is 0 Å². The van der Waals surface area contributed by atoms with Gasteiger partial charge in [0, 0.05) is 18.4 Å². The first-order valence-corrected chi connectivity index (χ1v) is 12.1. The third kappa shape index (κ3) is 6.84. The summed E-state index contributed by atoms with van der Waals surface area (Å²) in [6.07, 6.45) is 3.48. The minimum atomic E-state index is -0.547. The van der Waals surface area contributed by atoms with Gasteiger partial charge >= 0.3 is 5.97 Å². The normalized spacial score (nSPS) is 11.5. The van der Waals surface area contributed by atoms with Crippen LogP contribution >= 0.6 is 0 Å². The molecule has 2 N–H and O–H groups in total. The van der Waals surface area contributed by atoms with Crippen molar-refractivity contribution in [2.75, 3.05) is 25.1 Å². The van der Waals surface area contributed by atoms with Gasteiger partial charge in [0.2, 0.25) is 0 Å². The molecule has 0 radical (unpaired) electrons. The fourth-order valence-corrected chi connectivity index (χ4v) is 3.74. The minimum absolute atomic E-state index is 0.00120. The number of benzene rings is 2. The van der Waals surface area contributed by atoms with Gasteiger partial charge in [0.05, 0.1) is 30.9 Å². The molecule has 0 saturated carbocycles. The number of aliphatic hydroxyl groups excluding tert-OH is 1. The van der Waals surface area contributed by atoms with Crippen LogP contribution in [0.3, 0.4) is 0 Å². The van der Waals surface area contributed by atoms with E-state index in [2.05, 4.69) is 15.3 Å². The van der Waals surface area contributed by atoms with Crippen LogP contribution < -0.4 is 10.1 Å². The van der Waals surface area contributed by atoms with E-state index >= 15 is 0 Å². The maximum atomic E-state index is 12.2. The number of nitrogens with zero attached hydrogens (tertiary/aromatic N) is 3. The molecular weight excluding hydrogens is 472 g/mol. The molecule has 0 amide bonds. The van der Waals surface area contributed by atoms with Crippen molar-refractivity contribution in [3.8, 4) is 11.5 Å². The summed E-state index contributed by atoms with van der Waals surface area (Å²) in [5.41, 5.74) is 3.41. The van der Waals surface area contributed by atoms with Crippen LogP contribution in [0.1, 0.15) is 36.7 Å². The molecule has 0 aliphatic rings. The van der Waals surface area contributed by atoms with Crippen molar-refractivity contribution in [3.63, 3.8) is 0 Å². The second-order valence-electron chi connectivity index (χ2n) is 9.53. The first kappa shape index (κ1) is 26.1. The number of fused-ring (bicyclic) bond motifs is 1. The van der Waals surface area contributed by atoms with Crippen LogP contribution in [0.4, 0.5) is 11.5 Å². The molecule has 0 fully saturated rings. The molecule has 194 valence electrons. The molecule has 9 nitrogen and oxygen atoms in total. The highest BCUT2D eigenvalue weighted by molar-refractivity contribution is 5.90. The zero-order valence-electron chi connectivity index (χ0n) is 21.5. The lowest BCUT2D eigenvalue weighted by Crippen LogP contribution is -2.23. The molecule has 0 unspecified atom stereocenters. The molecule has 0 aliphatic heterocycles. The number of carbonyl (C=O) groups is 1. The Hall–Kier alpha value is -3.95. The fraction of sp³-hybridized carbons (Fsp3) is 0.321. The third-order valence-electron chi connectivity index (χ3n) is 5.42. The van der Waals surface area contributed by atoms with Gasteiger partial charge in [-0.25, -0.2) is 14.8 Å². The monoisotopic (exact) mass is 504 g/mol. The maximum Gasteiger partial charge on any atom is 0.338 e. The number of aromatic nitrogens is 3. The number of aliphatic hydroxyl groups is 1. The van der Waals surface area contributed by atoms with Crippen LogP contribution in [0.5, 0.6) is 11.5 Å². The van der Waals surface area contributed by atoms with Crippen molar-refractivity contribution in [3.05, 3.63) is 72.2 Å². The number of aryl methyl sites for hydroxylation is 1. The van der Waals surface area contributed by atoms with Gasteiger partial charge in [-0.3, -0.25) is 0 Å². The van der Waals surface area contributed by atoms with Crippen molar-refractivity contribution < 1.29 is 24.1 Å². The topological polar surface area (TPSA) is 108 Å². The largest absolute Gasteiger partial charge is 0.457 e. The summed E-state index contributed by atoms with van der Waals surface area (Å²) in [6, 6.07) is 14.6. The predicted molar refractivity (Wildman–Crippen MR) is 142 cm³/mol. The first-order valence-electron chi connectivity index (χ1n) is 12.1. The molecule has 0 atom stereocenters. The molecule has 2 aromatic heterocycles. The van der Waals surface area contributed by atoms with Gasteiger partial charge in [0.1, 0.15) is 28.9 Å². The number of hydrogen-bond donors (Lipinski definition) is 2. The summed E-state index contributed by atoms with van der Waals surface area (Å²) in [7, 11) is 0. The van der Waals surface area contributed by atoms with E-state index < -0.39 is 5.60 Å². The van der Waals surface area contributed by atoms with Crippen molar-refractivity contribution in [1.29, 1.82) is 0 Å². The Morgan fingerprint density at radius 3 is 2.54 bits per heavy atom. The van der Waals surface area contributed by atoms with Gasteiger partial charge in [-0.05, 0) is 81.8 Å². The van der Waals surface area contributed by atoms with E-state index in [9.17, 15) is 4.79 Å². The highest BCUT2D eigenvalue weighted by Gasteiger charge is 2.18. The Morgan fingerprint density at radius 2 is 1.84 bits per heavy atom. The van der Waals surface area contributed by atoms with Gasteiger partial charge in [-0.15, -0.1) is 0 Å². The molecule has 37 heavy (non-hydrogen) atoms. The highest BCUT2D eigenvalue weighted by Crippen LogP contribution is 2.30. The fourth-order valence-electron chi connectivity index (χ4n) is 3.74.